The molecule has 2 atom stereocenters. The van der Waals surface area contributed by atoms with Crippen LogP contribution in [0.5, 0.6) is 5.75 Å². The zero-order valence-corrected chi connectivity index (χ0v) is 12.6. The van der Waals surface area contributed by atoms with Gasteiger partial charge in [-0.2, -0.15) is 0 Å². The summed E-state index contributed by atoms with van der Waals surface area (Å²) in [5, 5.41) is 0. The number of rotatable bonds is 5. The molecular weight excluding hydrogens is 248 g/mol. The van der Waals surface area contributed by atoms with Crippen LogP contribution in [-0.4, -0.2) is 20.3 Å². The average Bonchev–Trinajstić information content (AvgIpc) is 2.54. The minimum atomic E-state index is 0.0223. The maximum Gasteiger partial charge on any atom is 0.118 e. The Kier molecular flexibility index (Phi) is 5.24. The van der Waals surface area contributed by atoms with Crippen molar-refractivity contribution < 1.29 is 9.47 Å². The molecule has 0 amide bonds. The van der Waals surface area contributed by atoms with Gasteiger partial charge in [0.15, 0.2) is 0 Å². The van der Waals surface area contributed by atoms with E-state index in [1.807, 2.05) is 18.2 Å². The van der Waals surface area contributed by atoms with E-state index in [0.717, 1.165) is 31.8 Å². The molecule has 0 N–H and O–H groups in total. The Bertz CT molecular complexity index is 429. The Balaban J connectivity index is 2.38. The topological polar surface area (TPSA) is 18.5 Å². The van der Waals surface area contributed by atoms with Crippen molar-refractivity contribution >= 4 is 0 Å². The van der Waals surface area contributed by atoms with Crippen molar-refractivity contribution in [3.05, 3.63) is 48.9 Å². The van der Waals surface area contributed by atoms with Crippen LogP contribution in [0.1, 0.15) is 31.7 Å². The van der Waals surface area contributed by atoms with Gasteiger partial charge in [-0.05, 0) is 49.8 Å². The van der Waals surface area contributed by atoms with Gasteiger partial charge in [0.25, 0.3) is 0 Å². The van der Waals surface area contributed by atoms with Crippen molar-refractivity contribution in [3.63, 3.8) is 0 Å². The third kappa shape index (κ3) is 2.90. The molecule has 1 heterocycles. The zero-order chi connectivity index (χ0) is 14.4. The van der Waals surface area contributed by atoms with Crippen molar-refractivity contribution in [2.24, 2.45) is 5.92 Å². The molecule has 109 valence electrons. The lowest BCUT2D eigenvalue weighted by atomic mass is 9.66. The first-order valence-corrected chi connectivity index (χ1v) is 7.46. The molecule has 1 fully saturated rings. The van der Waals surface area contributed by atoms with Crippen molar-refractivity contribution in [3.8, 4) is 5.75 Å². The summed E-state index contributed by atoms with van der Waals surface area (Å²) < 4.78 is 11.0. The van der Waals surface area contributed by atoms with E-state index >= 15 is 0 Å². The summed E-state index contributed by atoms with van der Waals surface area (Å²) in [7, 11) is 1.70. The van der Waals surface area contributed by atoms with E-state index in [1.165, 1.54) is 12.0 Å². The monoisotopic (exact) mass is 273 g/mol. The molecule has 2 heteroatoms. The molecule has 20 heavy (non-hydrogen) atoms. The molecular formula is C18H25O2. The van der Waals surface area contributed by atoms with Crippen LogP contribution in [0.4, 0.5) is 0 Å². The first-order valence-electron chi connectivity index (χ1n) is 7.46. The molecule has 1 aromatic rings. The average molecular weight is 273 g/mol. The third-order valence-corrected chi connectivity index (χ3v) is 4.52. The second-order valence-electron chi connectivity index (χ2n) is 5.44. The fourth-order valence-electron chi connectivity index (χ4n) is 3.34. The molecule has 1 aromatic carbocycles. The van der Waals surface area contributed by atoms with E-state index in [2.05, 4.69) is 32.1 Å². The summed E-state index contributed by atoms with van der Waals surface area (Å²) in [6.07, 6.45) is 7.60. The van der Waals surface area contributed by atoms with Crippen molar-refractivity contribution in [2.75, 3.05) is 20.3 Å². The first-order chi connectivity index (χ1) is 9.76. The number of allylic oxidation sites excluding steroid dienone is 2. The van der Waals surface area contributed by atoms with Crippen LogP contribution in [0.15, 0.2) is 36.4 Å². The highest BCUT2D eigenvalue weighted by molar-refractivity contribution is 5.37. The molecule has 2 unspecified atom stereocenters. The second-order valence-corrected chi connectivity index (χ2v) is 5.44. The Morgan fingerprint density at radius 1 is 1.40 bits per heavy atom. The third-order valence-electron chi connectivity index (χ3n) is 4.52. The molecule has 2 nitrogen and oxygen atoms in total. The molecule has 1 aliphatic heterocycles. The van der Waals surface area contributed by atoms with Gasteiger partial charge >= 0.3 is 0 Å². The maximum absolute atomic E-state index is 5.72. The van der Waals surface area contributed by atoms with Crippen molar-refractivity contribution in [1.29, 1.82) is 0 Å². The Morgan fingerprint density at radius 3 is 2.65 bits per heavy atom. The lowest BCUT2D eigenvalue weighted by molar-refractivity contribution is 0.0287. The summed E-state index contributed by atoms with van der Waals surface area (Å²) in [5.41, 5.74) is 1.35. The van der Waals surface area contributed by atoms with Crippen molar-refractivity contribution in [2.45, 2.75) is 31.6 Å². The summed E-state index contributed by atoms with van der Waals surface area (Å²) in [5.74, 6) is 1.42. The van der Waals surface area contributed by atoms with Crippen LogP contribution in [0.25, 0.3) is 0 Å². The minimum Gasteiger partial charge on any atom is -0.497 e. The summed E-state index contributed by atoms with van der Waals surface area (Å²) in [6.45, 7) is 7.91. The van der Waals surface area contributed by atoms with Gasteiger partial charge in [-0.15, -0.1) is 0 Å². The lowest BCUT2D eigenvalue weighted by Crippen LogP contribution is -2.38. The van der Waals surface area contributed by atoms with Gasteiger partial charge in [0.05, 0.1) is 13.7 Å². The van der Waals surface area contributed by atoms with Crippen LogP contribution in [-0.2, 0) is 10.2 Å². The van der Waals surface area contributed by atoms with E-state index in [9.17, 15) is 0 Å². The van der Waals surface area contributed by atoms with Gasteiger partial charge in [-0.1, -0.05) is 31.2 Å². The Labute approximate surface area is 122 Å². The highest BCUT2D eigenvalue weighted by Crippen LogP contribution is 2.41. The van der Waals surface area contributed by atoms with Crippen molar-refractivity contribution in [1.82, 2.24) is 0 Å². The molecule has 0 aromatic heterocycles. The molecule has 0 spiro atoms. The summed E-state index contributed by atoms with van der Waals surface area (Å²) >= 11 is 0. The predicted octanol–water partition coefficient (Wildman–Crippen LogP) is 4.16. The van der Waals surface area contributed by atoms with Crippen LogP contribution >= 0.6 is 0 Å². The van der Waals surface area contributed by atoms with Gasteiger partial charge < -0.3 is 9.47 Å². The molecule has 0 bridgehead atoms. The number of hydrogen-bond donors (Lipinski definition) is 0. The van der Waals surface area contributed by atoms with Crippen LogP contribution in [0.3, 0.4) is 0 Å². The van der Waals surface area contributed by atoms with Gasteiger partial charge in [0, 0.05) is 12.0 Å². The standard InChI is InChI=1S/C18H25O2/c1-4-12-18(5-2,16-7-6-13-20-14-16)15-8-10-17(19-3)11-9-15/h4,8-12,16H,1,5-7,13-14H2,2-3H3. The SMILES string of the molecule is [CH2]C=CC(CC)(c1ccc(OC)cc1)C1CCCOC1. The Hall–Kier alpha value is -1.28. The highest BCUT2D eigenvalue weighted by atomic mass is 16.5. The van der Waals surface area contributed by atoms with Crippen LogP contribution in [0, 0.1) is 12.8 Å². The quantitative estimate of drug-likeness (QED) is 0.802. The predicted molar refractivity (Wildman–Crippen MR) is 83.0 cm³/mol. The minimum absolute atomic E-state index is 0.0223. The smallest absolute Gasteiger partial charge is 0.118 e. The first kappa shape index (κ1) is 15.1. The normalized spacial score (nSPS) is 22.6. The number of ether oxygens (including phenoxy) is 2. The van der Waals surface area contributed by atoms with E-state index in [1.54, 1.807) is 7.11 Å². The second kappa shape index (κ2) is 6.94. The molecule has 1 saturated heterocycles. The number of benzene rings is 1. The lowest BCUT2D eigenvalue weighted by Gasteiger charge is -2.40. The molecule has 1 aliphatic rings. The summed E-state index contributed by atoms with van der Waals surface area (Å²) in [4.78, 5) is 0. The maximum atomic E-state index is 5.72. The van der Waals surface area contributed by atoms with E-state index in [-0.39, 0.29) is 5.41 Å². The van der Waals surface area contributed by atoms with Gasteiger partial charge in [-0.3, -0.25) is 0 Å². The van der Waals surface area contributed by atoms with Crippen LogP contribution in [0.2, 0.25) is 0 Å². The van der Waals surface area contributed by atoms with Gasteiger partial charge in [0.1, 0.15) is 5.75 Å². The molecule has 2 rings (SSSR count). The molecule has 0 aliphatic carbocycles. The number of methoxy groups -OCH3 is 1. The number of hydrogen-bond acceptors (Lipinski definition) is 2. The highest BCUT2D eigenvalue weighted by Gasteiger charge is 2.37. The molecule has 0 saturated carbocycles. The van der Waals surface area contributed by atoms with E-state index < -0.39 is 0 Å². The van der Waals surface area contributed by atoms with Gasteiger partial charge in [-0.25, -0.2) is 0 Å². The molecule has 1 radical (unpaired) electrons. The van der Waals surface area contributed by atoms with Crippen LogP contribution < -0.4 is 4.74 Å². The largest absolute Gasteiger partial charge is 0.497 e. The van der Waals surface area contributed by atoms with Gasteiger partial charge in [0.2, 0.25) is 0 Å². The summed E-state index contributed by atoms with van der Waals surface area (Å²) in [6, 6.07) is 8.44. The van der Waals surface area contributed by atoms with E-state index in [0.29, 0.717) is 5.92 Å². The zero-order valence-electron chi connectivity index (χ0n) is 12.6. The Morgan fingerprint density at radius 2 is 2.15 bits per heavy atom. The van der Waals surface area contributed by atoms with E-state index in [4.69, 9.17) is 9.47 Å². The fraction of sp³-hybridized carbons (Fsp3) is 0.500. The fourth-order valence-corrected chi connectivity index (χ4v) is 3.34.